The predicted molar refractivity (Wildman–Crippen MR) is 177 cm³/mol. The second kappa shape index (κ2) is 28.3. The van der Waals surface area contributed by atoms with Gasteiger partial charge in [0, 0.05) is 12.8 Å². The van der Waals surface area contributed by atoms with E-state index in [-0.39, 0.29) is 31.6 Å². The molecule has 0 aromatic rings. The summed E-state index contributed by atoms with van der Waals surface area (Å²) in [5.41, 5.74) is 0. The third kappa shape index (κ3) is 25.7. The highest BCUT2D eigenvalue weighted by Gasteiger charge is 2.35. The molecule has 0 radical (unpaired) electrons. The number of aliphatic hydroxyl groups is 1. The molecular formula is C37H60O6. The molecule has 1 aliphatic heterocycles. The van der Waals surface area contributed by atoms with E-state index in [0.717, 1.165) is 57.8 Å². The SMILES string of the molecule is CC/C=C\CC1OC1C/C=C\C/C=C\C/C=C\C/C=C\CCC(=O)OC[C@H](O)COC(=O)CCCCCCCCCCC. The van der Waals surface area contributed by atoms with E-state index in [1.54, 1.807) is 0 Å². The molecule has 0 aromatic heterocycles. The number of allylic oxidation sites excluding steroid dienone is 8. The Kier molecular flexibility index (Phi) is 25.4. The number of rotatable bonds is 28. The molecule has 0 bridgehead atoms. The van der Waals surface area contributed by atoms with Crippen LogP contribution in [0.1, 0.15) is 129 Å². The minimum atomic E-state index is -0.996. The Morgan fingerprint density at radius 2 is 1.09 bits per heavy atom. The molecule has 43 heavy (non-hydrogen) atoms. The zero-order valence-corrected chi connectivity index (χ0v) is 27.1. The molecule has 1 saturated heterocycles. The molecule has 1 aliphatic rings. The highest BCUT2D eigenvalue weighted by Crippen LogP contribution is 2.29. The lowest BCUT2D eigenvalue weighted by Crippen LogP contribution is -2.25. The molecule has 2 unspecified atom stereocenters. The van der Waals surface area contributed by atoms with Gasteiger partial charge in [-0.1, -0.05) is 126 Å². The van der Waals surface area contributed by atoms with Crippen molar-refractivity contribution in [3.8, 4) is 0 Å². The summed E-state index contributed by atoms with van der Waals surface area (Å²) in [6.45, 7) is 4.07. The summed E-state index contributed by atoms with van der Waals surface area (Å²) in [7, 11) is 0. The summed E-state index contributed by atoms with van der Waals surface area (Å²) in [6, 6.07) is 0. The number of esters is 2. The van der Waals surface area contributed by atoms with Crippen molar-refractivity contribution in [3.63, 3.8) is 0 Å². The van der Waals surface area contributed by atoms with Crippen LogP contribution in [0.25, 0.3) is 0 Å². The normalized spacial score (nSPS) is 17.7. The third-order valence-corrected chi connectivity index (χ3v) is 7.18. The van der Waals surface area contributed by atoms with E-state index in [1.165, 1.54) is 38.5 Å². The van der Waals surface area contributed by atoms with Gasteiger partial charge in [0.15, 0.2) is 0 Å². The van der Waals surface area contributed by atoms with Crippen molar-refractivity contribution >= 4 is 11.9 Å². The molecule has 1 rings (SSSR count). The Balaban J connectivity index is 1.91. The van der Waals surface area contributed by atoms with E-state index in [1.807, 2.05) is 12.2 Å². The number of carbonyl (C=O) groups is 2. The molecule has 244 valence electrons. The molecular weight excluding hydrogens is 540 g/mol. The predicted octanol–water partition coefficient (Wildman–Crippen LogP) is 9.04. The van der Waals surface area contributed by atoms with Gasteiger partial charge in [0.05, 0.1) is 12.2 Å². The van der Waals surface area contributed by atoms with Gasteiger partial charge in [0.25, 0.3) is 0 Å². The summed E-state index contributed by atoms with van der Waals surface area (Å²) in [6.07, 6.45) is 38.9. The van der Waals surface area contributed by atoms with Gasteiger partial charge in [-0.3, -0.25) is 9.59 Å². The fraction of sp³-hybridized carbons (Fsp3) is 0.676. The molecule has 1 heterocycles. The van der Waals surface area contributed by atoms with Crippen LogP contribution in [0, 0.1) is 0 Å². The number of aliphatic hydroxyl groups excluding tert-OH is 1. The first-order valence-electron chi connectivity index (χ1n) is 17.0. The first kappa shape index (κ1) is 38.6. The summed E-state index contributed by atoms with van der Waals surface area (Å²) >= 11 is 0. The number of carbonyl (C=O) groups excluding carboxylic acids is 2. The summed E-state index contributed by atoms with van der Waals surface area (Å²) < 4.78 is 15.9. The lowest BCUT2D eigenvalue weighted by Gasteiger charge is -2.12. The van der Waals surface area contributed by atoms with Gasteiger partial charge in [-0.2, -0.15) is 0 Å². The van der Waals surface area contributed by atoms with Gasteiger partial charge in [0.2, 0.25) is 0 Å². The Labute approximate surface area is 262 Å². The van der Waals surface area contributed by atoms with Gasteiger partial charge in [-0.25, -0.2) is 0 Å². The maximum absolute atomic E-state index is 11.9. The number of epoxide rings is 1. The molecule has 0 saturated carbocycles. The number of hydrogen-bond donors (Lipinski definition) is 1. The van der Waals surface area contributed by atoms with E-state index in [9.17, 15) is 14.7 Å². The number of hydrogen-bond acceptors (Lipinski definition) is 6. The minimum Gasteiger partial charge on any atom is -0.463 e. The molecule has 3 atom stereocenters. The largest absolute Gasteiger partial charge is 0.463 e. The van der Waals surface area contributed by atoms with E-state index < -0.39 is 6.10 Å². The van der Waals surface area contributed by atoms with Crippen molar-refractivity contribution in [1.29, 1.82) is 0 Å². The van der Waals surface area contributed by atoms with Crippen LogP contribution in [0.5, 0.6) is 0 Å². The Hall–Kier alpha value is -2.44. The Bertz CT molecular complexity index is 840. The average Bonchev–Trinajstić information content (AvgIpc) is 3.76. The first-order valence-corrected chi connectivity index (χ1v) is 17.0. The lowest BCUT2D eigenvalue weighted by atomic mass is 10.1. The molecule has 0 aromatic carbocycles. The molecule has 1 fully saturated rings. The molecule has 1 N–H and O–H groups in total. The minimum absolute atomic E-state index is 0.144. The van der Waals surface area contributed by atoms with Gasteiger partial charge in [-0.15, -0.1) is 0 Å². The van der Waals surface area contributed by atoms with Crippen LogP contribution < -0.4 is 0 Å². The van der Waals surface area contributed by atoms with Crippen molar-refractivity contribution < 1.29 is 28.9 Å². The van der Waals surface area contributed by atoms with Crippen LogP contribution in [0.4, 0.5) is 0 Å². The van der Waals surface area contributed by atoms with Crippen molar-refractivity contribution in [2.45, 2.75) is 148 Å². The second-order valence-corrected chi connectivity index (χ2v) is 11.3. The summed E-state index contributed by atoms with van der Waals surface area (Å²) in [5.74, 6) is -0.673. The van der Waals surface area contributed by atoms with Crippen LogP contribution in [0.2, 0.25) is 0 Å². The zero-order chi connectivity index (χ0) is 31.2. The summed E-state index contributed by atoms with van der Waals surface area (Å²) in [4.78, 5) is 23.7. The van der Waals surface area contributed by atoms with E-state index in [2.05, 4.69) is 62.5 Å². The molecule has 6 heteroatoms. The van der Waals surface area contributed by atoms with Crippen molar-refractivity contribution in [2.24, 2.45) is 0 Å². The Morgan fingerprint density at radius 3 is 1.65 bits per heavy atom. The maximum atomic E-state index is 11.9. The topological polar surface area (TPSA) is 85.4 Å². The molecule has 6 nitrogen and oxygen atoms in total. The number of ether oxygens (including phenoxy) is 3. The summed E-state index contributed by atoms with van der Waals surface area (Å²) in [5, 5.41) is 9.93. The average molecular weight is 601 g/mol. The Morgan fingerprint density at radius 1 is 0.628 bits per heavy atom. The molecule has 0 amide bonds. The van der Waals surface area contributed by atoms with Gasteiger partial charge < -0.3 is 19.3 Å². The van der Waals surface area contributed by atoms with Crippen molar-refractivity contribution in [2.75, 3.05) is 13.2 Å². The third-order valence-electron chi connectivity index (χ3n) is 7.18. The van der Waals surface area contributed by atoms with E-state index in [0.29, 0.717) is 25.0 Å². The molecule has 0 spiro atoms. The fourth-order valence-electron chi connectivity index (χ4n) is 4.50. The highest BCUT2D eigenvalue weighted by atomic mass is 16.6. The van der Waals surface area contributed by atoms with Crippen LogP contribution in [-0.4, -0.2) is 48.6 Å². The van der Waals surface area contributed by atoms with E-state index in [4.69, 9.17) is 14.2 Å². The standard InChI is InChI=1S/C37H60O6/c1-3-5-7-8-9-14-18-21-25-29-36(39)41-31-33(38)32-42-37(40)30-26-22-19-16-13-11-10-12-15-17-20-24-28-35-34(43-35)27-23-6-4-2/h6,11-13,15,19-20,22-24,33-35,38H,3-5,7-10,14,16-18,21,25-32H2,1-2H3/b13-11-,15-12-,22-19-,23-6-,24-20-/t33-,34?,35?/m1/s1. The fourth-order valence-corrected chi connectivity index (χ4v) is 4.50. The van der Waals surface area contributed by atoms with Crippen LogP contribution in [0.3, 0.4) is 0 Å². The maximum Gasteiger partial charge on any atom is 0.306 e. The monoisotopic (exact) mass is 600 g/mol. The van der Waals surface area contributed by atoms with Crippen LogP contribution in [0.15, 0.2) is 60.8 Å². The first-order chi connectivity index (χ1) is 21.1. The van der Waals surface area contributed by atoms with Gasteiger partial charge in [0.1, 0.15) is 19.3 Å². The van der Waals surface area contributed by atoms with Crippen LogP contribution in [-0.2, 0) is 23.8 Å². The highest BCUT2D eigenvalue weighted by molar-refractivity contribution is 5.70. The number of unbranched alkanes of at least 4 members (excludes halogenated alkanes) is 8. The van der Waals surface area contributed by atoms with Crippen molar-refractivity contribution in [1.82, 2.24) is 0 Å². The lowest BCUT2D eigenvalue weighted by molar-refractivity contribution is -0.152. The zero-order valence-electron chi connectivity index (χ0n) is 27.1. The van der Waals surface area contributed by atoms with Crippen molar-refractivity contribution in [3.05, 3.63) is 60.8 Å². The van der Waals surface area contributed by atoms with E-state index >= 15 is 0 Å². The second-order valence-electron chi connectivity index (χ2n) is 11.3. The van der Waals surface area contributed by atoms with Gasteiger partial charge >= 0.3 is 11.9 Å². The van der Waals surface area contributed by atoms with Gasteiger partial charge in [-0.05, 0) is 51.4 Å². The quantitative estimate of drug-likeness (QED) is 0.0417. The van der Waals surface area contributed by atoms with Crippen LogP contribution >= 0.6 is 0 Å². The molecule has 0 aliphatic carbocycles. The smallest absolute Gasteiger partial charge is 0.306 e.